The summed E-state index contributed by atoms with van der Waals surface area (Å²) in [5.41, 5.74) is 6.72. The van der Waals surface area contributed by atoms with Crippen LogP contribution in [0.1, 0.15) is 41.6 Å². The zero-order valence-corrected chi connectivity index (χ0v) is 11.3. The van der Waals surface area contributed by atoms with E-state index in [1.165, 1.54) is 18.9 Å². The molecule has 1 aromatic rings. The minimum absolute atomic E-state index is 0.0464. The fourth-order valence-electron chi connectivity index (χ4n) is 2.79. The summed E-state index contributed by atoms with van der Waals surface area (Å²) in [7, 11) is 0. The number of nitrogens with two attached hydrogens (primary N) is 1. The quantitative estimate of drug-likeness (QED) is 0.877. The maximum atomic E-state index is 13.7. The number of halogens is 1. The molecular weight excluding hydrogens is 243 g/mol. The molecule has 104 valence electrons. The first-order valence-corrected chi connectivity index (χ1v) is 6.89. The molecule has 3 N–H and O–H groups in total. The van der Waals surface area contributed by atoms with Crippen LogP contribution < -0.4 is 11.1 Å². The van der Waals surface area contributed by atoms with Gasteiger partial charge in [0.05, 0.1) is 5.56 Å². The smallest absolute Gasteiger partial charge is 0.254 e. The Morgan fingerprint density at radius 1 is 1.47 bits per heavy atom. The standard InChI is InChI=1S/C15H21FN2O/c1-10-6-7-13(16)12(8-10)15(19)18-14(9-17)11-4-2-3-5-11/h6-8,11,14H,2-5,9,17H2,1H3,(H,18,19). The first kappa shape index (κ1) is 14.0. The number of hydrogen-bond acceptors (Lipinski definition) is 2. The van der Waals surface area contributed by atoms with Crippen molar-refractivity contribution in [1.29, 1.82) is 0 Å². The second-order valence-electron chi connectivity index (χ2n) is 5.34. The highest BCUT2D eigenvalue weighted by Gasteiger charge is 2.26. The lowest BCUT2D eigenvalue weighted by Crippen LogP contribution is -2.44. The van der Waals surface area contributed by atoms with Gasteiger partial charge in [-0.05, 0) is 37.8 Å². The first-order valence-electron chi connectivity index (χ1n) is 6.89. The van der Waals surface area contributed by atoms with Crippen LogP contribution >= 0.6 is 0 Å². The zero-order chi connectivity index (χ0) is 13.8. The van der Waals surface area contributed by atoms with Crippen LogP contribution in [0.5, 0.6) is 0 Å². The van der Waals surface area contributed by atoms with Gasteiger partial charge in [-0.1, -0.05) is 24.5 Å². The van der Waals surface area contributed by atoms with Gasteiger partial charge in [0.15, 0.2) is 0 Å². The maximum absolute atomic E-state index is 13.7. The van der Waals surface area contributed by atoms with E-state index in [1.807, 2.05) is 6.92 Å². The Balaban J connectivity index is 2.08. The molecule has 0 bridgehead atoms. The Morgan fingerprint density at radius 3 is 2.79 bits per heavy atom. The molecule has 1 aliphatic rings. The molecule has 1 atom stereocenters. The molecule has 3 nitrogen and oxygen atoms in total. The highest BCUT2D eigenvalue weighted by Crippen LogP contribution is 2.27. The number of benzene rings is 1. The van der Waals surface area contributed by atoms with E-state index < -0.39 is 5.82 Å². The lowest BCUT2D eigenvalue weighted by Gasteiger charge is -2.23. The van der Waals surface area contributed by atoms with Crippen LogP contribution in [0.4, 0.5) is 4.39 Å². The van der Waals surface area contributed by atoms with Crippen molar-refractivity contribution in [2.24, 2.45) is 11.7 Å². The molecule has 1 amide bonds. The van der Waals surface area contributed by atoms with E-state index in [2.05, 4.69) is 5.32 Å². The number of carbonyl (C=O) groups excluding carboxylic acids is 1. The van der Waals surface area contributed by atoms with E-state index in [9.17, 15) is 9.18 Å². The average Bonchev–Trinajstić information content (AvgIpc) is 2.92. The molecular formula is C15H21FN2O. The van der Waals surface area contributed by atoms with Crippen molar-refractivity contribution in [2.75, 3.05) is 6.54 Å². The van der Waals surface area contributed by atoms with Gasteiger partial charge in [0, 0.05) is 12.6 Å². The highest BCUT2D eigenvalue weighted by atomic mass is 19.1. The molecule has 0 radical (unpaired) electrons. The fourth-order valence-corrected chi connectivity index (χ4v) is 2.79. The van der Waals surface area contributed by atoms with Gasteiger partial charge in [0.2, 0.25) is 0 Å². The number of nitrogens with one attached hydrogen (secondary N) is 1. The molecule has 0 aromatic heterocycles. The minimum Gasteiger partial charge on any atom is -0.348 e. The van der Waals surface area contributed by atoms with Gasteiger partial charge in [0.25, 0.3) is 5.91 Å². The summed E-state index contributed by atoms with van der Waals surface area (Å²) >= 11 is 0. The van der Waals surface area contributed by atoms with Crippen LogP contribution in [0.25, 0.3) is 0 Å². The molecule has 1 aliphatic carbocycles. The molecule has 0 aliphatic heterocycles. The number of hydrogen-bond donors (Lipinski definition) is 2. The third-order valence-corrected chi connectivity index (χ3v) is 3.91. The Morgan fingerprint density at radius 2 is 2.16 bits per heavy atom. The normalized spacial score (nSPS) is 17.4. The first-order chi connectivity index (χ1) is 9.11. The van der Waals surface area contributed by atoms with E-state index in [4.69, 9.17) is 5.73 Å². The summed E-state index contributed by atoms with van der Waals surface area (Å²) in [6.07, 6.45) is 4.57. The lowest BCUT2D eigenvalue weighted by molar-refractivity contribution is 0.0920. The van der Waals surface area contributed by atoms with Gasteiger partial charge < -0.3 is 11.1 Å². The molecule has 1 fully saturated rings. The van der Waals surface area contributed by atoms with Gasteiger partial charge in [-0.2, -0.15) is 0 Å². The van der Waals surface area contributed by atoms with Crippen LogP contribution in [0.2, 0.25) is 0 Å². The van der Waals surface area contributed by atoms with Crippen molar-refractivity contribution < 1.29 is 9.18 Å². The second kappa shape index (κ2) is 6.15. The largest absolute Gasteiger partial charge is 0.348 e. The van der Waals surface area contributed by atoms with E-state index >= 15 is 0 Å². The third-order valence-electron chi connectivity index (χ3n) is 3.91. The van der Waals surface area contributed by atoms with E-state index in [0.717, 1.165) is 18.4 Å². The molecule has 0 heterocycles. The van der Waals surface area contributed by atoms with Crippen molar-refractivity contribution in [1.82, 2.24) is 5.32 Å². The zero-order valence-electron chi connectivity index (χ0n) is 11.3. The predicted octanol–water partition coefficient (Wildman–Crippen LogP) is 2.38. The van der Waals surface area contributed by atoms with Crippen LogP contribution in [0.15, 0.2) is 18.2 Å². The topological polar surface area (TPSA) is 55.1 Å². The highest BCUT2D eigenvalue weighted by molar-refractivity contribution is 5.94. The van der Waals surface area contributed by atoms with Gasteiger partial charge in [0.1, 0.15) is 5.82 Å². The van der Waals surface area contributed by atoms with Gasteiger partial charge in [-0.25, -0.2) is 4.39 Å². The molecule has 2 rings (SSSR count). The van der Waals surface area contributed by atoms with Crippen LogP contribution in [0, 0.1) is 18.7 Å². The van der Waals surface area contributed by atoms with Crippen LogP contribution in [-0.2, 0) is 0 Å². The SMILES string of the molecule is Cc1ccc(F)c(C(=O)NC(CN)C2CCCC2)c1. The second-order valence-corrected chi connectivity index (χ2v) is 5.34. The molecule has 1 saturated carbocycles. The van der Waals surface area contributed by atoms with Crippen LogP contribution in [-0.4, -0.2) is 18.5 Å². The fraction of sp³-hybridized carbons (Fsp3) is 0.533. The summed E-state index contributed by atoms with van der Waals surface area (Å²) in [5, 5.41) is 2.89. The van der Waals surface area contributed by atoms with Crippen molar-refractivity contribution in [3.05, 3.63) is 35.1 Å². The number of carbonyl (C=O) groups is 1. The molecule has 1 unspecified atom stereocenters. The average molecular weight is 264 g/mol. The molecule has 1 aromatic carbocycles. The Hall–Kier alpha value is -1.42. The molecule has 0 spiro atoms. The Bertz CT molecular complexity index is 455. The van der Waals surface area contributed by atoms with Gasteiger partial charge in [-0.15, -0.1) is 0 Å². The summed E-state index contributed by atoms with van der Waals surface area (Å²) in [6, 6.07) is 4.52. The van der Waals surface area contributed by atoms with Gasteiger partial charge >= 0.3 is 0 Å². The summed E-state index contributed by atoms with van der Waals surface area (Å²) < 4.78 is 13.7. The summed E-state index contributed by atoms with van der Waals surface area (Å²) in [6.45, 7) is 2.25. The summed E-state index contributed by atoms with van der Waals surface area (Å²) in [5.74, 6) is -0.407. The van der Waals surface area contributed by atoms with E-state index in [-0.39, 0.29) is 17.5 Å². The summed E-state index contributed by atoms with van der Waals surface area (Å²) in [4.78, 5) is 12.1. The van der Waals surface area contributed by atoms with Crippen molar-refractivity contribution in [3.8, 4) is 0 Å². The molecule has 0 saturated heterocycles. The van der Waals surface area contributed by atoms with Gasteiger partial charge in [-0.3, -0.25) is 4.79 Å². The van der Waals surface area contributed by atoms with Crippen molar-refractivity contribution in [2.45, 2.75) is 38.6 Å². The minimum atomic E-state index is -0.481. The van der Waals surface area contributed by atoms with Crippen molar-refractivity contribution in [3.63, 3.8) is 0 Å². The predicted molar refractivity (Wildman–Crippen MR) is 73.4 cm³/mol. The maximum Gasteiger partial charge on any atom is 0.254 e. The van der Waals surface area contributed by atoms with Crippen molar-refractivity contribution >= 4 is 5.91 Å². The lowest BCUT2D eigenvalue weighted by atomic mass is 9.97. The molecule has 19 heavy (non-hydrogen) atoms. The number of aryl methyl sites for hydroxylation is 1. The number of amides is 1. The monoisotopic (exact) mass is 264 g/mol. The molecule has 4 heteroatoms. The van der Waals surface area contributed by atoms with Crippen LogP contribution in [0.3, 0.4) is 0 Å². The Kier molecular flexibility index (Phi) is 4.53. The van der Waals surface area contributed by atoms with E-state index in [1.54, 1.807) is 12.1 Å². The van der Waals surface area contributed by atoms with E-state index in [0.29, 0.717) is 12.5 Å². The Labute approximate surface area is 113 Å². The number of rotatable bonds is 4. The third kappa shape index (κ3) is 3.32.